The second kappa shape index (κ2) is 7.09. The van der Waals surface area contributed by atoms with Gasteiger partial charge >= 0.3 is 12.1 Å². The quantitative estimate of drug-likeness (QED) is 0.624. The van der Waals surface area contributed by atoms with E-state index in [1.54, 1.807) is 13.0 Å². The number of rotatable bonds is 6. The lowest BCUT2D eigenvalue weighted by Gasteiger charge is -2.08. The highest BCUT2D eigenvalue weighted by atomic mass is 19.4. The van der Waals surface area contributed by atoms with Gasteiger partial charge in [-0.2, -0.15) is 13.2 Å². The summed E-state index contributed by atoms with van der Waals surface area (Å²) in [7, 11) is 0. The van der Waals surface area contributed by atoms with Crippen molar-refractivity contribution in [1.29, 1.82) is 0 Å². The lowest BCUT2D eigenvalue weighted by atomic mass is 10.1. The second-order valence-corrected chi connectivity index (χ2v) is 4.21. The smallest absolute Gasteiger partial charge is 0.416 e. The van der Waals surface area contributed by atoms with Gasteiger partial charge in [0.15, 0.2) is 0 Å². The predicted molar refractivity (Wildman–Crippen MR) is 69.2 cm³/mol. The molecule has 0 amide bonds. The first kappa shape index (κ1) is 16.2. The van der Waals surface area contributed by atoms with E-state index in [0.717, 1.165) is 12.1 Å². The summed E-state index contributed by atoms with van der Waals surface area (Å²) in [6, 6.07) is 4.86. The third-order valence-electron chi connectivity index (χ3n) is 2.76. The van der Waals surface area contributed by atoms with Crippen molar-refractivity contribution in [3.8, 4) is 0 Å². The van der Waals surface area contributed by atoms with Crippen LogP contribution < -0.4 is 5.32 Å². The molecule has 2 N–H and O–H groups in total. The number of carbonyl (C=O) groups is 1. The van der Waals surface area contributed by atoms with Crippen LogP contribution in [0.25, 0.3) is 0 Å². The minimum atomic E-state index is -4.33. The maximum Gasteiger partial charge on any atom is 0.416 e. The molecule has 0 aromatic heterocycles. The molecule has 20 heavy (non-hydrogen) atoms. The van der Waals surface area contributed by atoms with E-state index < -0.39 is 17.7 Å². The van der Waals surface area contributed by atoms with Crippen LogP contribution >= 0.6 is 0 Å². The summed E-state index contributed by atoms with van der Waals surface area (Å²) in [5.41, 5.74) is 0.338. The molecule has 0 fully saturated rings. The normalized spacial score (nSPS) is 12.5. The monoisotopic (exact) mass is 287 g/mol. The molecule has 0 aliphatic carbocycles. The van der Waals surface area contributed by atoms with Crippen LogP contribution in [-0.4, -0.2) is 17.6 Å². The zero-order valence-electron chi connectivity index (χ0n) is 11.0. The highest BCUT2D eigenvalue weighted by Gasteiger charge is 2.29. The Balaban J connectivity index is 2.49. The average molecular weight is 287 g/mol. The van der Waals surface area contributed by atoms with Crippen molar-refractivity contribution < 1.29 is 23.1 Å². The molecule has 110 valence electrons. The van der Waals surface area contributed by atoms with Gasteiger partial charge in [-0.1, -0.05) is 25.1 Å². The number of alkyl halides is 3. The van der Waals surface area contributed by atoms with Gasteiger partial charge in [-0.15, -0.1) is 0 Å². The predicted octanol–water partition coefficient (Wildman–Crippen LogP) is 3.22. The minimum absolute atomic E-state index is 0.310. The Kier molecular flexibility index (Phi) is 5.76. The molecule has 1 aromatic rings. The van der Waals surface area contributed by atoms with Crippen LogP contribution in [0, 0.1) is 0 Å². The molecule has 0 atom stereocenters. The van der Waals surface area contributed by atoms with E-state index in [1.165, 1.54) is 12.1 Å². The van der Waals surface area contributed by atoms with Crippen molar-refractivity contribution in [2.24, 2.45) is 0 Å². The Morgan fingerprint density at radius 3 is 2.35 bits per heavy atom. The Morgan fingerprint density at radius 1 is 1.30 bits per heavy atom. The molecule has 3 nitrogen and oxygen atoms in total. The first-order chi connectivity index (χ1) is 9.34. The zero-order valence-corrected chi connectivity index (χ0v) is 11.0. The molecule has 0 heterocycles. The molecule has 1 aromatic carbocycles. The third-order valence-corrected chi connectivity index (χ3v) is 2.76. The summed E-state index contributed by atoms with van der Waals surface area (Å²) in [4.78, 5) is 10.7. The summed E-state index contributed by atoms with van der Waals surface area (Å²) < 4.78 is 37.1. The van der Waals surface area contributed by atoms with E-state index >= 15 is 0 Å². The Bertz CT molecular complexity index is 478. The first-order valence-corrected chi connectivity index (χ1v) is 6.13. The number of benzene rings is 1. The van der Waals surface area contributed by atoms with Gasteiger partial charge < -0.3 is 10.4 Å². The van der Waals surface area contributed by atoms with Gasteiger partial charge in [0.05, 0.1) is 5.56 Å². The Morgan fingerprint density at radius 2 is 1.90 bits per heavy atom. The van der Waals surface area contributed by atoms with Gasteiger partial charge in [-0.05, 0) is 24.1 Å². The average Bonchev–Trinajstić information content (AvgIpc) is 2.38. The van der Waals surface area contributed by atoms with Crippen LogP contribution in [0.2, 0.25) is 0 Å². The molecule has 1 rings (SSSR count). The number of carboxylic acids is 1. The second-order valence-electron chi connectivity index (χ2n) is 4.21. The fourth-order valence-corrected chi connectivity index (χ4v) is 1.61. The van der Waals surface area contributed by atoms with E-state index in [0.29, 0.717) is 30.6 Å². The van der Waals surface area contributed by atoms with Gasteiger partial charge in [-0.3, -0.25) is 0 Å². The van der Waals surface area contributed by atoms with Crippen LogP contribution in [0.1, 0.15) is 24.5 Å². The van der Waals surface area contributed by atoms with Crippen molar-refractivity contribution in [3.05, 3.63) is 47.0 Å². The summed E-state index contributed by atoms with van der Waals surface area (Å²) in [5.74, 6) is -0.955. The fourth-order valence-electron chi connectivity index (χ4n) is 1.61. The standard InChI is InChI=1S/C14H16F3NO2/c1-2-11(13(19)20)7-8-18-9-10-3-5-12(6-4-10)14(15,16)17/h3-7,18H,2,8-9H2,1H3,(H,19,20)/b11-7-. The van der Waals surface area contributed by atoms with Crippen molar-refractivity contribution in [3.63, 3.8) is 0 Å². The van der Waals surface area contributed by atoms with Crippen molar-refractivity contribution in [1.82, 2.24) is 5.32 Å². The van der Waals surface area contributed by atoms with Crippen LogP contribution in [0.5, 0.6) is 0 Å². The van der Waals surface area contributed by atoms with Gasteiger partial charge in [0.2, 0.25) is 0 Å². The minimum Gasteiger partial charge on any atom is -0.478 e. The molecular weight excluding hydrogens is 271 g/mol. The molecule has 6 heteroatoms. The van der Waals surface area contributed by atoms with Crippen molar-refractivity contribution in [2.45, 2.75) is 26.1 Å². The van der Waals surface area contributed by atoms with Crippen LogP contribution in [0.3, 0.4) is 0 Å². The third kappa shape index (κ3) is 5.05. The summed E-state index contributed by atoms with van der Waals surface area (Å²) in [6.07, 6.45) is -2.34. The number of halogens is 3. The van der Waals surface area contributed by atoms with E-state index in [1.807, 2.05) is 0 Å². The highest BCUT2D eigenvalue weighted by molar-refractivity contribution is 5.86. The van der Waals surface area contributed by atoms with E-state index in [-0.39, 0.29) is 0 Å². The summed E-state index contributed by atoms with van der Waals surface area (Å²) in [6.45, 7) is 2.48. The van der Waals surface area contributed by atoms with Crippen molar-refractivity contribution in [2.75, 3.05) is 6.54 Å². The van der Waals surface area contributed by atoms with Gasteiger partial charge in [0, 0.05) is 18.7 Å². The highest BCUT2D eigenvalue weighted by Crippen LogP contribution is 2.28. The summed E-state index contributed by atoms with van der Waals surface area (Å²) in [5, 5.41) is 11.8. The summed E-state index contributed by atoms with van der Waals surface area (Å²) >= 11 is 0. The molecule has 0 bridgehead atoms. The van der Waals surface area contributed by atoms with Crippen LogP contribution in [0.15, 0.2) is 35.9 Å². The molecular formula is C14H16F3NO2. The Hall–Kier alpha value is -1.82. The number of hydrogen-bond donors (Lipinski definition) is 2. The molecule has 0 saturated carbocycles. The first-order valence-electron chi connectivity index (χ1n) is 6.13. The van der Waals surface area contributed by atoms with E-state index in [2.05, 4.69) is 5.32 Å². The lowest BCUT2D eigenvalue weighted by Crippen LogP contribution is -2.15. The number of nitrogens with one attached hydrogen (secondary N) is 1. The van der Waals surface area contributed by atoms with Gasteiger partial charge in [0.1, 0.15) is 0 Å². The lowest BCUT2D eigenvalue weighted by molar-refractivity contribution is -0.137. The maximum atomic E-state index is 12.4. The fraction of sp³-hybridized carbons (Fsp3) is 0.357. The van der Waals surface area contributed by atoms with Crippen LogP contribution in [-0.2, 0) is 17.5 Å². The largest absolute Gasteiger partial charge is 0.478 e. The van der Waals surface area contributed by atoms with Gasteiger partial charge in [-0.25, -0.2) is 4.79 Å². The van der Waals surface area contributed by atoms with E-state index in [4.69, 9.17) is 5.11 Å². The molecule has 0 saturated heterocycles. The molecule has 0 radical (unpaired) electrons. The SMILES string of the molecule is CC/C(=C/CNCc1ccc(C(F)(F)F)cc1)C(=O)O. The van der Waals surface area contributed by atoms with Crippen LogP contribution in [0.4, 0.5) is 13.2 Å². The van der Waals surface area contributed by atoms with E-state index in [9.17, 15) is 18.0 Å². The van der Waals surface area contributed by atoms with Crippen molar-refractivity contribution >= 4 is 5.97 Å². The maximum absolute atomic E-state index is 12.4. The zero-order chi connectivity index (χ0) is 15.2. The molecule has 0 unspecified atom stereocenters. The Labute approximate surface area is 115 Å². The molecule has 0 aliphatic rings. The number of hydrogen-bond acceptors (Lipinski definition) is 2. The molecule has 0 spiro atoms. The topological polar surface area (TPSA) is 49.3 Å². The molecule has 0 aliphatic heterocycles. The number of aliphatic carboxylic acids is 1. The number of carboxylic acid groups (broad SMARTS) is 1. The van der Waals surface area contributed by atoms with Gasteiger partial charge in [0.25, 0.3) is 0 Å².